The predicted octanol–water partition coefficient (Wildman–Crippen LogP) is 4.00. The maximum Gasteiger partial charge on any atom is 0.176 e. The van der Waals surface area contributed by atoms with Crippen LogP contribution in [0.2, 0.25) is 5.02 Å². The number of halogens is 2. The minimum Gasteiger partial charge on any atom is -0.367 e. The highest BCUT2D eigenvalue weighted by molar-refractivity contribution is 6.33. The van der Waals surface area contributed by atoms with E-state index < -0.39 is 0 Å². The first-order valence-electron chi connectivity index (χ1n) is 8.18. The third-order valence-electron chi connectivity index (χ3n) is 4.68. The van der Waals surface area contributed by atoms with Crippen molar-refractivity contribution in [2.75, 3.05) is 5.32 Å². The molecule has 5 nitrogen and oxygen atoms in total. The summed E-state index contributed by atoms with van der Waals surface area (Å²) in [7, 11) is 0. The van der Waals surface area contributed by atoms with E-state index in [9.17, 15) is 0 Å². The van der Waals surface area contributed by atoms with Gasteiger partial charge in [-0.2, -0.15) is 9.61 Å². The van der Waals surface area contributed by atoms with E-state index in [2.05, 4.69) is 30.3 Å². The van der Waals surface area contributed by atoms with Crippen LogP contribution in [0.4, 0.5) is 5.82 Å². The van der Waals surface area contributed by atoms with Gasteiger partial charge in [0.1, 0.15) is 10.8 Å². The number of nitrogens with two attached hydrogens (primary N) is 1. The molecule has 1 aliphatic carbocycles. The topological polar surface area (TPSA) is 68.2 Å². The van der Waals surface area contributed by atoms with Gasteiger partial charge in [-0.3, -0.25) is 0 Å². The fourth-order valence-corrected chi connectivity index (χ4v) is 3.50. The Hall–Kier alpha value is -1.04. The molecule has 2 aromatic rings. The van der Waals surface area contributed by atoms with E-state index in [4.69, 9.17) is 22.3 Å². The smallest absolute Gasteiger partial charge is 0.176 e. The van der Waals surface area contributed by atoms with Gasteiger partial charge in [-0.05, 0) is 32.1 Å². The summed E-state index contributed by atoms with van der Waals surface area (Å²) in [5, 5.41) is 8.55. The van der Waals surface area contributed by atoms with Gasteiger partial charge in [0.2, 0.25) is 0 Å². The molecule has 0 unspecified atom stereocenters. The Morgan fingerprint density at radius 1 is 1.39 bits per heavy atom. The van der Waals surface area contributed by atoms with Crippen molar-refractivity contribution < 1.29 is 0 Å². The number of hydrogen-bond donors (Lipinski definition) is 2. The van der Waals surface area contributed by atoms with Crippen LogP contribution in [0.1, 0.15) is 57.6 Å². The van der Waals surface area contributed by atoms with E-state index in [1.807, 2.05) is 0 Å². The van der Waals surface area contributed by atoms with E-state index in [1.54, 1.807) is 10.7 Å². The van der Waals surface area contributed by atoms with Gasteiger partial charge in [-0.25, -0.2) is 4.98 Å². The van der Waals surface area contributed by atoms with Gasteiger partial charge >= 0.3 is 0 Å². The monoisotopic (exact) mass is 357 g/mol. The Bertz CT molecular complexity index is 653. The zero-order chi connectivity index (χ0) is 15.7. The minimum atomic E-state index is 0. The van der Waals surface area contributed by atoms with Gasteiger partial charge < -0.3 is 11.1 Å². The van der Waals surface area contributed by atoms with Crippen molar-refractivity contribution in [3.05, 3.63) is 23.0 Å². The van der Waals surface area contributed by atoms with Crippen molar-refractivity contribution in [3.63, 3.8) is 0 Å². The number of fused-ring (bicyclic) bond motifs is 1. The first-order chi connectivity index (χ1) is 10.6. The van der Waals surface area contributed by atoms with Crippen LogP contribution in [0.15, 0.2) is 12.3 Å². The summed E-state index contributed by atoms with van der Waals surface area (Å²) in [6.45, 7) is 4.39. The molecular weight excluding hydrogens is 333 g/mol. The Kier molecular flexibility index (Phi) is 6.12. The molecule has 2 atom stereocenters. The zero-order valence-electron chi connectivity index (χ0n) is 13.6. The molecule has 0 spiro atoms. The number of nitrogens with one attached hydrogen (secondary N) is 1. The normalized spacial score (nSPS) is 20.9. The van der Waals surface area contributed by atoms with Crippen molar-refractivity contribution >= 4 is 35.5 Å². The molecule has 0 radical (unpaired) electrons. The maximum absolute atomic E-state index is 6.25. The van der Waals surface area contributed by atoms with Gasteiger partial charge in [0.15, 0.2) is 5.65 Å². The van der Waals surface area contributed by atoms with E-state index >= 15 is 0 Å². The SMILES string of the molecule is CCC(CC)c1cc(N[C@H]2CC[C@H](N)C2)n2ncc(Cl)c2n1.Cl. The van der Waals surface area contributed by atoms with Gasteiger partial charge in [-0.1, -0.05) is 25.4 Å². The molecule has 1 fully saturated rings. The van der Waals surface area contributed by atoms with E-state index in [-0.39, 0.29) is 12.4 Å². The summed E-state index contributed by atoms with van der Waals surface area (Å²) >= 11 is 6.25. The third-order valence-corrected chi connectivity index (χ3v) is 4.94. The summed E-state index contributed by atoms with van der Waals surface area (Å²) in [5.41, 5.74) is 7.84. The van der Waals surface area contributed by atoms with Crippen LogP contribution >= 0.6 is 24.0 Å². The highest BCUT2D eigenvalue weighted by atomic mass is 35.5. The molecular formula is C16H25Cl2N5. The van der Waals surface area contributed by atoms with Crippen molar-refractivity contribution in [2.24, 2.45) is 5.73 Å². The molecule has 3 rings (SSSR count). The average Bonchev–Trinajstić information content (AvgIpc) is 3.07. The van der Waals surface area contributed by atoms with Gasteiger partial charge in [0.05, 0.1) is 6.20 Å². The van der Waals surface area contributed by atoms with Crippen LogP contribution < -0.4 is 11.1 Å². The second-order valence-electron chi connectivity index (χ2n) is 6.22. The highest BCUT2D eigenvalue weighted by Crippen LogP contribution is 2.29. The summed E-state index contributed by atoms with van der Waals surface area (Å²) in [6.07, 6.45) is 6.97. The van der Waals surface area contributed by atoms with Crippen LogP contribution in [-0.4, -0.2) is 26.7 Å². The minimum absolute atomic E-state index is 0. The van der Waals surface area contributed by atoms with E-state index in [0.717, 1.165) is 49.3 Å². The molecule has 0 amide bonds. The second kappa shape index (κ2) is 7.69. The summed E-state index contributed by atoms with van der Waals surface area (Å²) in [4.78, 5) is 4.73. The molecule has 1 aliphatic rings. The second-order valence-corrected chi connectivity index (χ2v) is 6.63. The largest absolute Gasteiger partial charge is 0.367 e. The molecule has 2 heterocycles. The fraction of sp³-hybridized carbons (Fsp3) is 0.625. The number of rotatable bonds is 5. The average molecular weight is 358 g/mol. The zero-order valence-corrected chi connectivity index (χ0v) is 15.2. The molecule has 7 heteroatoms. The van der Waals surface area contributed by atoms with Crippen molar-refractivity contribution in [2.45, 2.75) is 64.0 Å². The van der Waals surface area contributed by atoms with Crippen LogP contribution in [0, 0.1) is 0 Å². The molecule has 128 valence electrons. The Morgan fingerprint density at radius 3 is 2.74 bits per heavy atom. The number of aromatic nitrogens is 3. The molecule has 1 saturated carbocycles. The standard InChI is InChI=1S/C16H24ClN5.ClH/c1-3-10(4-2)14-8-15(20-12-6-5-11(18)7-12)22-16(21-14)13(17)9-19-22;/h8-12,20H,3-7,18H2,1-2H3;1H/t11-,12-;/m0./s1. The van der Waals surface area contributed by atoms with Crippen LogP contribution in [0.3, 0.4) is 0 Å². The lowest BCUT2D eigenvalue weighted by Gasteiger charge is -2.18. The van der Waals surface area contributed by atoms with Crippen molar-refractivity contribution in [3.8, 4) is 0 Å². The van der Waals surface area contributed by atoms with Crippen LogP contribution in [0.5, 0.6) is 0 Å². The Balaban J connectivity index is 0.00000192. The molecule has 0 aliphatic heterocycles. The molecule has 0 aromatic carbocycles. The Morgan fingerprint density at radius 2 is 2.13 bits per heavy atom. The Labute approximate surface area is 148 Å². The van der Waals surface area contributed by atoms with Crippen molar-refractivity contribution in [1.82, 2.24) is 14.6 Å². The van der Waals surface area contributed by atoms with E-state index in [1.165, 1.54) is 0 Å². The fourth-order valence-electron chi connectivity index (χ4n) is 3.33. The molecule has 0 bridgehead atoms. The number of nitrogens with zero attached hydrogens (tertiary/aromatic N) is 3. The predicted molar refractivity (Wildman–Crippen MR) is 97.8 cm³/mol. The summed E-state index contributed by atoms with van der Waals surface area (Å²) in [6, 6.07) is 2.82. The van der Waals surface area contributed by atoms with Crippen LogP contribution in [-0.2, 0) is 0 Å². The number of anilines is 1. The lowest BCUT2D eigenvalue weighted by atomic mass is 9.99. The summed E-state index contributed by atoms with van der Waals surface area (Å²) in [5.74, 6) is 1.42. The van der Waals surface area contributed by atoms with Gasteiger partial charge in [-0.15, -0.1) is 12.4 Å². The summed E-state index contributed by atoms with van der Waals surface area (Å²) < 4.78 is 1.80. The third kappa shape index (κ3) is 3.73. The van der Waals surface area contributed by atoms with E-state index in [0.29, 0.717) is 23.0 Å². The molecule has 2 aromatic heterocycles. The molecule has 3 N–H and O–H groups in total. The number of hydrogen-bond acceptors (Lipinski definition) is 4. The lowest BCUT2D eigenvalue weighted by molar-refractivity contribution is 0.621. The van der Waals surface area contributed by atoms with Gasteiger partial charge in [0.25, 0.3) is 0 Å². The van der Waals surface area contributed by atoms with Gasteiger partial charge in [0, 0.05) is 29.8 Å². The quantitative estimate of drug-likeness (QED) is 0.848. The van der Waals surface area contributed by atoms with Crippen molar-refractivity contribution in [1.29, 1.82) is 0 Å². The molecule has 23 heavy (non-hydrogen) atoms. The lowest BCUT2D eigenvalue weighted by Crippen LogP contribution is -2.22. The van der Waals surface area contributed by atoms with Crippen LogP contribution in [0.25, 0.3) is 5.65 Å². The first-order valence-corrected chi connectivity index (χ1v) is 8.56. The first kappa shape index (κ1) is 18.3. The highest BCUT2D eigenvalue weighted by Gasteiger charge is 2.23. The molecule has 0 saturated heterocycles. The maximum atomic E-state index is 6.25.